The molecule has 3 rings (SSSR count). The summed E-state index contributed by atoms with van der Waals surface area (Å²) < 4.78 is 7.59. The van der Waals surface area contributed by atoms with E-state index in [-0.39, 0.29) is 6.04 Å². The van der Waals surface area contributed by atoms with E-state index >= 15 is 0 Å². The van der Waals surface area contributed by atoms with Crippen molar-refractivity contribution in [3.8, 4) is 5.75 Å². The fourth-order valence-corrected chi connectivity index (χ4v) is 3.16. The van der Waals surface area contributed by atoms with E-state index in [0.29, 0.717) is 6.04 Å². The van der Waals surface area contributed by atoms with Crippen molar-refractivity contribution in [3.63, 3.8) is 0 Å². The summed E-state index contributed by atoms with van der Waals surface area (Å²) in [5.74, 6) is 0.900. The number of ether oxygens (including phenoxy) is 1. The summed E-state index contributed by atoms with van der Waals surface area (Å²) >= 11 is 0. The molecule has 0 saturated heterocycles. The van der Waals surface area contributed by atoms with Crippen molar-refractivity contribution in [2.24, 2.45) is 5.73 Å². The molecule has 1 aliphatic rings. The topological polar surface area (TPSA) is 40.2 Å². The monoisotopic (exact) mass is 270 g/mol. The highest BCUT2D eigenvalue weighted by Crippen LogP contribution is 2.32. The van der Waals surface area contributed by atoms with Gasteiger partial charge in [0.2, 0.25) is 0 Å². The number of benzene rings is 1. The first-order valence-electron chi connectivity index (χ1n) is 7.30. The summed E-state index contributed by atoms with van der Waals surface area (Å²) in [6, 6.07) is 11.1. The molecule has 0 bridgehead atoms. The Morgan fingerprint density at radius 1 is 1.25 bits per heavy atom. The van der Waals surface area contributed by atoms with Crippen molar-refractivity contribution in [3.05, 3.63) is 53.3 Å². The Kier molecular flexibility index (Phi) is 3.53. The van der Waals surface area contributed by atoms with Crippen LogP contribution in [0.25, 0.3) is 0 Å². The molecular formula is C17H22N2O. The largest absolute Gasteiger partial charge is 0.497 e. The second-order valence-corrected chi connectivity index (χ2v) is 5.57. The van der Waals surface area contributed by atoms with Crippen LogP contribution in [0.15, 0.2) is 36.5 Å². The first-order valence-corrected chi connectivity index (χ1v) is 7.30. The molecule has 0 radical (unpaired) electrons. The number of nitrogens with two attached hydrogens (primary N) is 1. The molecule has 106 valence electrons. The van der Waals surface area contributed by atoms with Gasteiger partial charge in [0.05, 0.1) is 13.2 Å². The second-order valence-electron chi connectivity index (χ2n) is 5.57. The van der Waals surface area contributed by atoms with Crippen molar-refractivity contribution < 1.29 is 4.74 Å². The van der Waals surface area contributed by atoms with Gasteiger partial charge in [-0.1, -0.05) is 12.1 Å². The van der Waals surface area contributed by atoms with Crippen LogP contribution in [0.1, 0.15) is 48.7 Å². The normalized spacial score (nSPS) is 19.4. The van der Waals surface area contributed by atoms with E-state index in [1.54, 1.807) is 7.11 Å². The maximum atomic E-state index is 6.21. The van der Waals surface area contributed by atoms with Crippen LogP contribution in [0.4, 0.5) is 0 Å². The van der Waals surface area contributed by atoms with Crippen LogP contribution in [0.5, 0.6) is 5.75 Å². The van der Waals surface area contributed by atoms with Gasteiger partial charge in [0, 0.05) is 17.9 Å². The Labute approximate surface area is 120 Å². The van der Waals surface area contributed by atoms with Crippen molar-refractivity contribution in [1.82, 2.24) is 4.57 Å². The van der Waals surface area contributed by atoms with Crippen LogP contribution in [-0.4, -0.2) is 11.7 Å². The van der Waals surface area contributed by atoms with E-state index in [1.165, 1.54) is 23.2 Å². The van der Waals surface area contributed by atoms with E-state index in [9.17, 15) is 0 Å². The highest BCUT2D eigenvalue weighted by molar-refractivity contribution is 5.33. The van der Waals surface area contributed by atoms with Gasteiger partial charge in [-0.05, 0) is 55.5 Å². The first kappa shape index (κ1) is 13.3. The van der Waals surface area contributed by atoms with Gasteiger partial charge >= 0.3 is 0 Å². The average Bonchev–Trinajstić information content (AvgIpc) is 2.92. The summed E-state index contributed by atoms with van der Waals surface area (Å²) in [6.07, 6.45) is 5.61. The fraction of sp³-hybridized carbons (Fsp3) is 0.412. The SMILES string of the molecule is COc1ccc(C(C)n2ccc3c2CCCC3N)cc1. The molecule has 2 aromatic rings. The minimum atomic E-state index is 0.211. The van der Waals surface area contributed by atoms with E-state index in [4.69, 9.17) is 10.5 Å². The molecule has 0 saturated carbocycles. The average molecular weight is 270 g/mol. The number of rotatable bonds is 3. The molecule has 0 spiro atoms. The zero-order valence-electron chi connectivity index (χ0n) is 12.2. The summed E-state index contributed by atoms with van der Waals surface area (Å²) in [5, 5.41) is 0. The summed E-state index contributed by atoms with van der Waals surface area (Å²) in [7, 11) is 1.70. The Balaban J connectivity index is 1.92. The Bertz CT molecular complexity index is 586. The van der Waals surface area contributed by atoms with Gasteiger partial charge in [-0.15, -0.1) is 0 Å². The lowest BCUT2D eigenvalue weighted by atomic mass is 9.93. The van der Waals surface area contributed by atoms with Gasteiger partial charge in [0.25, 0.3) is 0 Å². The molecule has 2 N–H and O–H groups in total. The smallest absolute Gasteiger partial charge is 0.118 e. The van der Waals surface area contributed by atoms with Gasteiger partial charge in [-0.3, -0.25) is 0 Å². The molecule has 0 amide bonds. The Morgan fingerprint density at radius 2 is 2.00 bits per heavy atom. The lowest BCUT2D eigenvalue weighted by Gasteiger charge is -2.24. The molecule has 3 heteroatoms. The zero-order valence-corrected chi connectivity index (χ0v) is 12.2. The van der Waals surface area contributed by atoms with Crippen molar-refractivity contribution in [2.45, 2.75) is 38.3 Å². The predicted molar refractivity (Wildman–Crippen MR) is 81.1 cm³/mol. The standard InChI is InChI=1S/C17H22N2O/c1-12(13-6-8-14(20-2)9-7-13)19-11-10-15-16(18)4-3-5-17(15)19/h6-12,16H,3-5,18H2,1-2H3. The molecule has 2 unspecified atom stereocenters. The van der Waals surface area contributed by atoms with E-state index in [0.717, 1.165) is 18.6 Å². The van der Waals surface area contributed by atoms with Crippen molar-refractivity contribution in [1.29, 1.82) is 0 Å². The minimum Gasteiger partial charge on any atom is -0.497 e. The molecule has 1 heterocycles. The lowest BCUT2D eigenvalue weighted by molar-refractivity contribution is 0.414. The molecular weight excluding hydrogens is 248 g/mol. The van der Waals surface area contributed by atoms with Gasteiger partial charge in [0.15, 0.2) is 0 Å². The molecule has 1 aromatic carbocycles. The third-order valence-electron chi connectivity index (χ3n) is 4.40. The van der Waals surface area contributed by atoms with Crippen LogP contribution < -0.4 is 10.5 Å². The molecule has 0 fully saturated rings. The van der Waals surface area contributed by atoms with Gasteiger partial charge in [-0.2, -0.15) is 0 Å². The number of nitrogens with zero attached hydrogens (tertiary/aromatic N) is 1. The van der Waals surface area contributed by atoms with E-state index in [1.807, 2.05) is 12.1 Å². The summed E-state index contributed by atoms with van der Waals surface area (Å²) in [5.41, 5.74) is 10.2. The van der Waals surface area contributed by atoms with E-state index < -0.39 is 0 Å². The Morgan fingerprint density at radius 3 is 2.70 bits per heavy atom. The third kappa shape index (κ3) is 2.22. The number of methoxy groups -OCH3 is 1. The highest BCUT2D eigenvalue weighted by atomic mass is 16.5. The second kappa shape index (κ2) is 5.33. The van der Waals surface area contributed by atoms with Gasteiger partial charge in [0.1, 0.15) is 5.75 Å². The molecule has 1 aliphatic carbocycles. The number of aromatic nitrogens is 1. The van der Waals surface area contributed by atoms with Crippen LogP contribution in [0, 0.1) is 0 Å². The predicted octanol–water partition coefficient (Wildman–Crippen LogP) is 3.44. The summed E-state index contributed by atoms with van der Waals surface area (Å²) in [6.45, 7) is 2.24. The molecule has 1 aromatic heterocycles. The van der Waals surface area contributed by atoms with Crippen LogP contribution >= 0.6 is 0 Å². The maximum Gasteiger partial charge on any atom is 0.118 e. The van der Waals surface area contributed by atoms with Crippen LogP contribution in [0.3, 0.4) is 0 Å². The first-order chi connectivity index (χ1) is 9.70. The fourth-order valence-electron chi connectivity index (χ4n) is 3.16. The minimum absolute atomic E-state index is 0.211. The van der Waals surface area contributed by atoms with Crippen LogP contribution in [-0.2, 0) is 6.42 Å². The van der Waals surface area contributed by atoms with Gasteiger partial charge < -0.3 is 15.0 Å². The zero-order chi connectivity index (χ0) is 14.1. The maximum absolute atomic E-state index is 6.21. The van der Waals surface area contributed by atoms with Crippen molar-refractivity contribution >= 4 is 0 Å². The molecule has 0 aliphatic heterocycles. The number of hydrogen-bond donors (Lipinski definition) is 1. The molecule has 3 nitrogen and oxygen atoms in total. The quantitative estimate of drug-likeness (QED) is 0.928. The van der Waals surface area contributed by atoms with E-state index in [2.05, 4.69) is 35.9 Å². The number of hydrogen-bond acceptors (Lipinski definition) is 2. The highest BCUT2D eigenvalue weighted by Gasteiger charge is 2.22. The summed E-state index contributed by atoms with van der Waals surface area (Å²) in [4.78, 5) is 0. The third-order valence-corrected chi connectivity index (χ3v) is 4.40. The Hall–Kier alpha value is -1.74. The van der Waals surface area contributed by atoms with Gasteiger partial charge in [-0.25, -0.2) is 0 Å². The van der Waals surface area contributed by atoms with Crippen molar-refractivity contribution in [2.75, 3.05) is 7.11 Å². The molecule has 2 atom stereocenters. The number of fused-ring (bicyclic) bond motifs is 1. The molecule has 20 heavy (non-hydrogen) atoms. The lowest BCUT2D eigenvalue weighted by Crippen LogP contribution is -2.19. The van der Waals surface area contributed by atoms with Crippen LogP contribution in [0.2, 0.25) is 0 Å².